The van der Waals surface area contributed by atoms with Gasteiger partial charge in [0, 0.05) is 12.7 Å². The van der Waals surface area contributed by atoms with E-state index in [-0.39, 0.29) is 20.8 Å². The topological polar surface area (TPSA) is 44.1 Å². The van der Waals surface area contributed by atoms with Gasteiger partial charge in [0.2, 0.25) is 5.78 Å². The van der Waals surface area contributed by atoms with Crippen molar-refractivity contribution in [3.63, 3.8) is 0 Å². The number of nitrogens with zero attached hydrogens (tertiary/aromatic N) is 2. The molecule has 0 aliphatic heterocycles. The van der Waals surface area contributed by atoms with Crippen molar-refractivity contribution in [3.8, 4) is 0 Å². The molecule has 4 nitrogen and oxygen atoms in total. The zero-order valence-electron chi connectivity index (χ0n) is 10.9. The molecular weight excluding hydrogens is 370 g/mol. The van der Waals surface area contributed by atoms with Gasteiger partial charge in [-0.2, -0.15) is 5.10 Å². The van der Waals surface area contributed by atoms with Crippen molar-refractivity contribution >= 4 is 33.3 Å². The highest BCUT2D eigenvalue weighted by molar-refractivity contribution is 9.10. The Hall–Kier alpha value is -1.31. The highest BCUT2D eigenvalue weighted by atomic mass is 79.9. The Balaban J connectivity index is 2.45. The standard InChI is InChI=1S/C13H10BrClF2N2O2/c1-21-5-4-19-12(8(15)6-18-19)13(20)7-2-3-9(16)11(17)10(7)14/h2-3,6H,4-5H2,1H3. The molecule has 0 aliphatic rings. The normalized spacial score (nSPS) is 10.9. The first-order valence-corrected chi connectivity index (χ1v) is 7.03. The van der Waals surface area contributed by atoms with Crippen molar-refractivity contribution in [2.75, 3.05) is 13.7 Å². The third kappa shape index (κ3) is 3.14. The Bertz CT molecular complexity index is 691. The molecule has 0 radical (unpaired) electrons. The number of benzene rings is 1. The van der Waals surface area contributed by atoms with Crippen LogP contribution in [0.5, 0.6) is 0 Å². The summed E-state index contributed by atoms with van der Waals surface area (Å²) in [6, 6.07) is 2.08. The van der Waals surface area contributed by atoms with Gasteiger partial charge < -0.3 is 4.74 Å². The van der Waals surface area contributed by atoms with Gasteiger partial charge >= 0.3 is 0 Å². The van der Waals surface area contributed by atoms with Crippen molar-refractivity contribution in [1.29, 1.82) is 0 Å². The van der Waals surface area contributed by atoms with Crippen molar-refractivity contribution in [2.24, 2.45) is 0 Å². The third-order valence-corrected chi connectivity index (χ3v) is 3.85. The van der Waals surface area contributed by atoms with Crippen LogP contribution in [0.2, 0.25) is 5.02 Å². The van der Waals surface area contributed by atoms with E-state index < -0.39 is 17.4 Å². The van der Waals surface area contributed by atoms with Gasteiger partial charge in [0.1, 0.15) is 5.69 Å². The van der Waals surface area contributed by atoms with Crippen LogP contribution in [-0.4, -0.2) is 29.3 Å². The fraction of sp³-hybridized carbons (Fsp3) is 0.231. The average Bonchev–Trinajstić information content (AvgIpc) is 2.83. The molecule has 0 N–H and O–H groups in total. The number of ketones is 1. The molecule has 0 amide bonds. The molecule has 112 valence electrons. The molecule has 0 spiro atoms. The Morgan fingerprint density at radius 3 is 2.86 bits per heavy atom. The largest absolute Gasteiger partial charge is 0.383 e. The molecule has 0 saturated carbocycles. The van der Waals surface area contributed by atoms with Crippen LogP contribution in [0.4, 0.5) is 8.78 Å². The summed E-state index contributed by atoms with van der Waals surface area (Å²) in [7, 11) is 1.51. The second kappa shape index (κ2) is 6.64. The van der Waals surface area contributed by atoms with Gasteiger partial charge in [-0.05, 0) is 28.1 Å². The van der Waals surface area contributed by atoms with E-state index in [1.165, 1.54) is 24.1 Å². The Morgan fingerprint density at radius 2 is 2.19 bits per heavy atom. The molecule has 21 heavy (non-hydrogen) atoms. The minimum Gasteiger partial charge on any atom is -0.383 e. The van der Waals surface area contributed by atoms with Crippen molar-refractivity contribution in [2.45, 2.75) is 6.54 Å². The minimum atomic E-state index is -1.13. The van der Waals surface area contributed by atoms with Crippen molar-refractivity contribution in [3.05, 3.63) is 50.7 Å². The van der Waals surface area contributed by atoms with Crippen LogP contribution in [0.15, 0.2) is 22.8 Å². The predicted molar refractivity (Wildman–Crippen MR) is 76.6 cm³/mol. The lowest BCUT2D eigenvalue weighted by molar-refractivity contribution is 0.102. The molecule has 1 aromatic heterocycles. The van der Waals surface area contributed by atoms with Crippen LogP contribution >= 0.6 is 27.5 Å². The first kappa shape index (κ1) is 16.1. The Kier molecular flexibility index (Phi) is 5.08. The molecule has 2 aromatic rings. The zero-order chi connectivity index (χ0) is 15.6. The first-order chi connectivity index (χ1) is 9.97. The number of carbonyl (C=O) groups is 1. The number of halogens is 4. The van der Waals surface area contributed by atoms with E-state index in [0.717, 1.165) is 6.07 Å². The minimum absolute atomic E-state index is 0.0324. The second-order valence-corrected chi connectivity index (χ2v) is 5.31. The van der Waals surface area contributed by atoms with Crippen LogP contribution in [0.25, 0.3) is 0 Å². The van der Waals surface area contributed by atoms with E-state index in [4.69, 9.17) is 16.3 Å². The molecule has 0 bridgehead atoms. The van der Waals surface area contributed by atoms with E-state index in [1.54, 1.807) is 0 Å². The number of aromatic nitrogens is 2. The average molecular weight is 380 g/mol. The summed E-state index contributed by atoms with van der Waals surface area (Å²) in [5, 5.41) is 4.10. The number of ether oxygens (including phenoxy) is 1. The van der Waals surface area contributed by atoms with Gasteiger partial charge in [-0.25, -0.2) is 8.78 Å². The van der Waals surface area contributed by atoms with Gasteiger partial charge in [-0.15, -0.1) is 0 Å². The molecule has 0 saturated heterocycles. The summed E-state index contributed by atoms with van der Waals surface area (Å²) < 4.78 is 32.7. The summed E-state index contributed by atoms with van der Waals surface area (Å²) in [4.78, 5) is 12.5. The quantitative estimate of drug-likeness (QED) is 0.590. The third-order valence-electron chi connectivity index (χ3n) is 2.80. The van der Waals surface area contributed by atoms with Gasteiger partial charge in [0.05, 0.1) is 28.8 Å². The lowest BCUT2D eigenvalue weighted by Crippen LogP contribution is -2.15. The van der Waals surface area contributed by atoms with Crippen molar-refractivity contribution < 1.29 is 18.3 Å². The molecule has 2 rings (SSSR count). The maximum absolute atomic E-state index is 13.5. The summed E-state index contributed by atoms with van der Waals surface area (Å²) in [5.74, 6) is -2.73. The number of methoxy groups -OCH3 is 1. The van der Waals surface area contributed by atoms with Crippen LogP contribution in [0, 0.1) is 11.6 Å². The summed E-state index contributed by atoms with van der Waals surface area (Å²) >= 11 is 8.85. The number of carbonyl (C=O) groups excluding carboxylic acids is 1. The predicted octanol–water partition coefficient (Wildman–Crippen LogP) is 3.45. The van der Waals surface area contributed by atoms with Crippen LogP contribution in [-0.2, 0) is 11.3 Å². The van der Waals surface area contributed by atoms with Crippen molar-refractivity contribution in [1.82, 2.24) is 9.78 Å². The monoisotopic (exact) mass is 378 g/mol. The summed E-state index contributed by atoms with van der Waals surface area (Å²) in [6.45, 7) is 0.642. The van der Waals surface area contributed by atoms with E-state index >= 15 is 0 Å². The van der Waals surface area contributed by atoms with Gasteiger partial charge in [-0.1, -0.05) is 11.6 Å². The molecule has 0 fully saturated rings. The Labute approximate surface area is 132 Å². The molecule has 0 atom stereocenters. The lowest BCUT2D eigenvalue weighted by Gasteiger charge is -2.09. The number of hydrogen-bond donors (Lipinski definition) is 0. The molecule has 1 aromatic carbocycles. The van der Waals surface area contributed by atoms with Gasteiger partial charge in [0.15, 0.2) is 11.6 Å². The number of rotatable bonds is 5. The molecule has 0 aliphatic carbocycles. The molecule has 0 unspecified atom stereocenters. The molecule has 1 heterocycles. The van der Waals surface area contributed by atoms with Crippen LogP contribution in [0.3, 0.4) is 0 Å². The van der Waals surface area contributed by atoms with E-state index in [1.807, 2.05) is 0 Å². The first-order valence-electron chi connectivity index (χ1n) is 5.85. The SMILES string of the molecule is COCCn1ncc(Cl)c1C(=O)c1ccc(F)c(F)c1Br. The summed E-state index contributed by atoms with van der Waals surface area (Å²) in [5.41, 5.74) is 0.0652. The van der Waals surface area contributed by atoms with Crippen LogP contribution in [0.1, 0.15) is 16.1 Å². The number of hydrogen-bond acceptors (Lipinski definition) is 3. The Morgan fingerprint density at radius 1 is 1.48 bits per heavy atom. The zero-order valence-corrected chi connectivity index (χ0v) is 13.2. The highest BCUT2D eigenvalue weighted by Crippen LogP contribution is 2.27. The van der Waals surface area contributed by atoms with Crippen LogP contribution < -0.4 is 0 Å². The highest BCUT2D eigenvalue weighted by Gasteiger charge is 2.23. The smallest absolute Gasteiger partial charge is 0.213 e. The van der Waals surface area contributed by atoms with E-state index in [0.29, 0.717) is 13.2 Å². The molecule has 8 heteroatoms. The lowest BCUT2D eigenvalue weighted by atomic mass is 10.1. The maximum Gasteiger partial charge on any atom is 0.213 e. The van der Waals surface area contributed by atoms with E-state index in [2.05, 4.69) is 21.0 Å². The fourth-order valence-electron chi connectivity index (χ4n) is 1.76. The summed E-state index contributed by atoms with van der Waals surface area (Å²) in [6.07, 6.45) is 1.32. The van der Waals surface area contributed by atoms with E-state index in [9.17, 15) is 13.6 Å². The second-order valence-electron chi connectivity index (χ2n) is 4.11. The fourth-order valence-corrected chi connectivity index (χ4v) is 2.49. The molecular formula is C13H10BrClF2N2O2. The maximum atomic E-state index is 13.5. The van der Waals surface area contributed by atoms with Gasteiger partial charge in [0.25, 0.3) is 0 Å². The van der Waals surface area contributed by atoms with Gasteiger partial charge in [-0.3, -0.25) is 9.48 Å².